The smallest absolute Gasteiger partial charge is 0.107 e. The molecule has 0 amide bonds. The number of methoxy groups -OCH3 is 1. The third-order valence-corrected chi connectivity index (χ3v) is 5.11. The van der Waals surface area contributed by atoms with Crippen LogP contribution in [0.3, 0.4) is 0 Å². The van der Waals surface area contributed by atoms with Gasteiger partial charge >= 0.3 is 0 Å². The Morgan fingerprint density at radius 3 is 2.56 bits per heavy atom. The molecule has 1 aliphatic heterocycles. The van der Waals surface area contributed by atoms with E-state index >= 15 is 0 Å². The maximum absolute atomic E-state index is 6.52. The van der Waals surface area contributed by atoms with Crippen LogP contribution in [0, 0.1) is 0 Å². The first-order chi connectivity index (χ1) is 12.2. The fourth-order valence-electron chi connectivity index (χ4n) is 3.47. The van der Waals surface area contributed by atoms with Crippen LogP contribution in [0.15, 0.2) is 54.6 Å². The predicted octanol–water partition coefficient (Wildman–Crippen LogP) is 4.49. The molecular weight excluding hydrogens is 334 g/mol. The topological polar surface area (TPSA) is 21.7 Å². The highest BCUT2D eigenvalue weighted by Crippen LogP contribution is 2.37. The minimum absolute atomic E-state index is 0.270. The van der Waals surface area contributed by atoms with Gasteiger partial charge in [0.05, 0.1) is 6.61 Å². The molecule has 1 fully saturated rings. The second-order valence-corrected chi connectivity index (χ2v) is 7.08. The van der Waals surface area contributed by atoms with Crippen molar-refractivity contribution < 1.29 is 9.47 Å². The predicted molar refractivity (Wildman–Crippen MR) is 102 cm³/mol. The average molecular weight is 360 g/mol. The van der Waals surface area contributed by atoms with Gasteiger partial charge in [-0.3, -0.25) is 4.90 Å². The number of likely N-dealkylation sites (tertiary alicyclic amines) is 1. The maximum Gasteiger partial charge on any atom is 0.107 e. The highest BCUT2D eigenvalue weighted by Gasteiger charge is 2.40. The van der Waals surface area contributed by atoms with Crippen molar-refractivity contribution in [1.82, 2.24) is 4.90 Å². The van der Waals surface area contributed by atoms with Crippen LogP contribution >= 0.6 is 11.6 Å². The molecule has 1 atom stereocenters. The van der Waals surface area contributed by atoms with Gasteiger partial charge in [0.25, 0.3) is 0 Å². The molecule has 0 N–H and O–H groups in total. The summed E-state index contributed by atoms with van der Waals surface area (Å²) in [6, 6.07) is 18.5. The van der Waals surface area contributed by atoms with E-state index in [1.807, 2.05) is 18.2 Å². The summed E-state index contributed by atoms with van der Waals surface area (Å²) in [5, 5.41) is 0.761. The second kappa shape index (κ2) is 8.81. The molecule has 25 heavy (non-hydrogen) atoms. The van der Waals surface area contributed by atoms with E-state index in [4.69, 9.17) is 21.1 Å². The Bertz CT molecular complexity index is 647. The number of hydrogen-bond donors (Lipinski definition) is 0. The van der Waals surface area contributed by atoms with Gasteiger partial charge in [0.2, 0.25) is 0 Å². The lowest BCUT2D eigenvalue weighted by molar-refractivity contribution is -0.0541. The van der Waals surface area contributed by atoms with Crippen LogP contribution < -0.4 is 0 Å². The number of rotatable bonds is 8. The standard InChI is InChI=1S/C21H26ClNO2/c1-24-15-5-13-23-14-12-21(17-23,19-8-10-20(22)11-9-19)25-16-18-6-3-2-4-7-18/h2-4,6-11H,5,12-17H2,1H3. The zero-order valence-corrected chi connectivity index (χ0v) is 15.5. The number of halogens is 1. The second-order valence-electron chi connectivity index (χ2n) is 6.65. The largest absolute Gasteiger partial charge is 0.385 e. The molecule has 0 radical (unpaired) electrons. The minimum atomic E-state index is -0.270. The molecule has 0 aliphatic carbocycles. The van der Waals surface area contributed by atoms with Crippen molar-refractivity contribution in [2.45, 2.75) is 25.0 Å². The summed E-state index contributed by atoms with van der Waals surface area (Å²) in [5.41, 5.74) is 2.14. The lowest BCUT2D eigenvalue weighted by Gasteiger charge is -2.31. The van der Waals surface area contributed by atoms with Crippen LogP contribution in [0.1, 0.15) is 24.0 Å². The highest BCUT2D eigenvalue weighted by atomic mass is 35.5. The molecule has 4 heteroatoms. The van der Waals surface area contributed by atoms with Gasteiger partial charge in [0.1, 0.15) is 5.60 Å². The zero-order valence-electron chi connectivity index (χ0n) is 14.8. The molecule has 3 nitrogen and oxygen atoms in total. The summed E-state index contributed by atoms with van der Waals surface area (Å²) in [6.07, 6.45) is 2.04. The van der Waals surface area contributed by atoms with E-state index in [1.165, 1.54) is 11.1 Å². The Hall–Kier alpha value is -1.39. The van der Waals surface area contributed by atoms with E-state index in [1.54, 1.807) is 7.11 Å². The molecule has 2 aromatic rings. The summed E-state index contributed by atoms with van der Waals surface area (Å²) in [6.45, 7) is 4.41. The molecule has 0 aromatic heterocycles. The molecular formula is C21H26ClNO2. The summed E-state index contributed by atoms with van der Waals surface area (Å²) in [5.74, 6) is 0. The van der Waals surface area contributed by atoms with Gasteiger partial charge in [0.15, 0.2) is 0 Å². The molecule has 1 aliphatic rings. The molecule has 1 heterocycles. The molecule has 2 aromatic carbocycles. The third-order valence-electron chi connectivity index (χ3n) is 4.86. The third kappa shape index (κ3) is 4.83. The Balaban J connectivity index is 1.73. The Kier molecular flexibility index (Phi) is 6.49. The lowest BCUT2D eigenvalue weighted by Crippen LogP contribution is -2.34. The van der Waals surface area contributed by atoms with Gasteiger partial charge in [-0.2, -0.15) is 0 Å². The van der Waals surface area contributed by atoms with E-state index in [-0.39, 0.29) is 5.60 Å². The maximum atomic E-state index is 6.52. The summed E-state index contributed by atoms with van der Waals surface area (Å²) in [7, 11) is 1.75. The molecule has 0 bridgehead atoms. The summed E-state index contributed by atoms with van der Waals surface area (Å²) >= 11 is 6.08. The van der Waals surface area contributed by atoms with Crippen molar-refractivity contribution in [3.8, 4) is 0 Å². The van der Waals surface area contributed by atoms with Crippen molar-refractivity contribution in [3.63, 3.8) is 0 Å². The Morgan fingerprint density at radius 1 is 1.08 bits per heavy atom. The zero-order chi connectivity index (χ0) is 17.5. The van der Waals surface area contributed by atoms with Gasteiger partial charge in [-0.25, -0.2) is 0 Å². The Labute approximate surface area is 155 Å². The Morgan fingerprint density at radius 2 is 1.84 bits per heavy atom. The van der Waals surface area contributed by atoms with E-state index in [2.05, 4.69) is 41.3 Å². The van der Waals surface area contributed by atoms with Crippen molar-refractivity contribution in [2.24, 2.45) is 0 Å². The van der Waals surface area contributed by atoms with Crippen molar-refractivity contribution >= 4 is 11.6 Å². The number of nitrogens with zero attached hydrogens (tertiary/aromatic N) is 1. The quantitative estimate of drug-likeness (QED) is 0.648. The number of benzene rings is 2. The van der Waals surface area contributed by atoms with Crippen LogP contribution in [0.25, 0.3) is 0 Å². The summed E-state index contributed by atoms with van der Waals surface area (Å²) in [4.78, 5) is 2.47. The lowest BCUT2D eigenvalue weighted by atomic mass is 9.92. The van der Waals surface area contributed by atoms with Crippen molar-refractivity contribution in [2.75, 3.05) is 33.4 Å². The fraction of sp³-hybridized carbons (Fsp3) is 0.429. The van der Waals surface area contributed by atoms with Crippen molar-refractivity contribution in [3.05, 3.63) is 70.7 Å². The first kappa shape index (κ1) is 18.4. The van der Waals surface area contributed by atoms with Gasteiger partial charge < -0.3 is 9.47 Å². The van der Waals surface area contributed by atoms with Crippen LogP contribution in [0.4, 0.5) is 0 Å². The molecule has 1 unspecified atom stereocenters. The molecule has 134 valence electrons. The summed E-state index contributed by atoms with van der Waals surface area (Å²) < 4.78 is 11.7. The van der Waals surface area contributed by atoms with Crippen LogP contribution in [-0.2, 0) is 21.7 Å². The normalized spacial score (nSPS) is 20.9. The van der Waals surface area contributed by atoms with Gasteiger partial charge in [-0.05, 0) is 36.1 Å². The van der Waals surface area contributed by atoms with Crippen LogP contribution in [0.2, 0.25) is 5.02 Å². The molecule has 3 rings (SSSR count). The van der Waals surface area contributed by atoms with E-state index < -0.39 is 0 Å². The highest BCUT2D eigenvalue weighted by molar-refractivity contribution is 6.30. The molecule has 1 saturated heterocycles. The van der Waals surface area contributed by atoms with Crippen LogP contribution in [-0.4, -0.2) is 38.3 Å². The fourth-order valence-corrected chi connectivity index (χ4v) is 3.59. The molecule has 0 saturated carbocycles. The monoisotopic (exact) mass is 359 g/mol. The minimum Gasteiger partial charge on any atom is -0.385 e. The SMILES string of the molecule is COCCCN1CCC(OCc2ccccc2)(c2ccc(Cl)cc2)C1. The number of ether oxygens (including phenoxy) is 2. The first-order valence-electron chi connectivity index (χ1n) is 8.87. The number of hydrogen-bond acceptors (Lipinski definition) is 3. The van der Waals surface area contributed by atoms with E-state index in [9.17, 15) is 0 Å². The van der Waals surface area contributed by atoms with E-state index in [0.717, 1.165) is 44.1 Å². The van der Waals surface area contributed by atoms with Gasteiger partial charge in [-0.1, -0.05) is 54.1 Å². The first-order valence-corrected chi connectivity index (χ1v) is 9.25. The van der Waals surface area contributed by atoms with Gasteiger partial charge in [-0.15, -0.1) is 0 Å². The van der Waals surface area contributed by atoms with E-state index in [0.29, 0.717) is 6.61 Å². The van der Waals surface area contributed by atoms with Gasteiger partial charge in [0, 0.05) is 38.4 Å². The molecule has 0 spiro atoms. The average Bonchev–Trinajstić information content (AvgIpc) is 3.06. The van der Waals surface area contributed by atoms with Crippen molar-refractivity contribution in [1.29, 1.82) is 0 Å². The van der Waals surface area contributed by atoms with Crippen LogP contribution in [0.5, 0.6) is 0 Å².